The fourth-order valence-corrected chi connectivity index (χ4v) is 2.11. The quantitative estimate of drug-likeness (QED) is 0.793. The topological polar surface area (TPSA) is 41.6 Å². The van der Waals surface area contributed by atoms with Gasteiger partial charge in [-0.1, -0.05) is 18.2 Å². The fourth-order valence-electron chi connectivity index (χ4n) is 2.11. The van der Waals surface area contributed by atoms with Gasteiger partial charge < -0.3 is 15.0 Å². The van der Waals surface area contributed by atoms with Crippen LogP contribution in [0.25, 0.3) is 0 Å². The predicted octanol–water partition coefficient (Wildman–Crippen LogP) is 1.69. The Bertz CT molecular complexity index is 336. The fraction of sp³-hybridized carbons (Fsp3) is 0.615. The molecule has 0 aromatic rings. The van der Waals surface area contributed by atoms with Gasteiger partial charge >= 0.3 is 6.09 Å². The highest BCUT2D eigenvalue weighted by atomic mass is 16.6. The van der Waals surface area contributed by atoms with Crippen molar-refractivity contribution in [3.8, 4) is 0 Å². The summed E-state index contributed by atoms with van der Waals surface area (Å²) >= 11 is 0. The van der Waals surface area contributed by atoms with Crippen LogP contribution in [0.3, 0.4) is 0 Å². The first-order valence-corrected chi connectivity index (χ1v) is 6.27. The van der Waals surface area contributed by atoms with Crippen LogP contribution in [0.4, 0.5) is 4.79 Å². The largest absolute Gasteiger partial charge is 0.445 e. The van der Waals surface area contributed by atoms with Gasteiger partial charge in [0.15, 0.2) is 0 Å². The number of nitrogens with zero attached hydrogens (tertiary/aromatic N) is 1. The number of piperazine rings is 1. The molecule has 0 saturated carbocycles. The number of allylic oxidation sites excluding steroid dienone is 2. The lowest BCUT2D eigenvalue weighted by Gasteiger charge is -2.33. The zero-order valence-electron chi connectivity index (χ0n) is 10.3. The van der Waals surface area contributed by atoms with Crippen molar-refractivity contribution in [2.45, 2.75) is 25.8 Å². The van der Waals surface area contributed by atoms with Gasteiger partial charge in [0, 0.05) is 25.7 Å². The van der Waals surface area contributed by atoms with Crippen LogP contribution >= 0.6 is 0 Å². The molecule has 0 unspecified atom stereocenters. The Hall–Kier alpha value is -1.29. The number of amides is 1. The van der Waals surface area contributed by atoms with E-state index in [9.17, 15) is 4.79 Å². The molecule has 1 fully saturated rings. The minimum absolute atomic E-state index is 0.195. The molecule has 0 aromatic heterocycles. The van der Waals surface area contributed by atoms with E-state index in [1.807, 2.05) is 13.0 Å². The van der Waals surface area contributed by atoms with E-state index < -0.39 is 0 Å². The third kappa shape index (κ3) is 3.33. The second-order valence-electron chi connectivity index (χ2n) is 4.56. The van der Waals surface area contributed by atoms with Crippen LogP contribution in [0.1, 0.15) is 19.8 Å². The van der Waals surface area contributed by atoms with Crippen molar-refractivity contribution in [2.24, 2.45) is 0 Å². The Morgan fingerprint density at radius 1 is 1.59 bits per heavy atom. The summed E-state index contributed by atoms with van der Waals surface area (Å²) in [4.78, 5) is 13.7. The lowest BCUT2D eigenvalue weighted by atomic mass is 10.1. The lowest BCUT2D eigenvalue weighted by Crippen LogP contribution is -2.52. The van der Waals surface area contributed by atoms with E-state index in [0.717, 1.165) is 38.0 Å². The number of nitrogens with one attached hydrogen (secondary N) is 1. The third-order valence-corrected chi connectivity index (χ3v) is 3.17. The zero-order chi connectivity index (χ0) is 12.1. The van der Waals surface area contributed by atoms with E-state index in [0.29, 0.717) is 6.61 Å². The van der Waals surface area contributed by atoms with Crippen LogP contribution in [0.5, 0.6) is 0 Å². The molecule has 0 spiro atoms. The summed E-state index contributed by atoms with van der Waals surface area (Å²) in [7, 11) is 0. The Kier molecular flexibility index (Phi) is 4.20. The van der Waals surface area contributed by atoms with Gasteiger partial charge in [0.1, 0.15) is 6.61 Å². The minimum Gasteiger partial charge on any atom is -0.445 e. The molecule has 2 aliphatic rings. The van der Waals surface area contributed by atoms with E-state index in [1.54, 1.807) is 4.90 Å². The summed E-state index contributed by atoms with van der Waals surface area (Å²) in [5.74, 6) is 0. The van der Waals surface area contributed by atoms with Gasteiger partial charge in [-0.2, -0.15) is 0 Å². The summed E-state index contributed by atoms with van der Waals surface area (Å²) in [5, 5.41) is 3.25. The molecule has 1 N–H and O–H groups in total. The van der Waals surface area contributed by atoms with E-state index in [4.69, 9.17) is 4.74 Å². The van der Waals surface area contributed by atoms with Crippen LogP contribution < -0.4 is 5.32 Å². The summed E-state index contributed by atoms with van der Waals surface area (Å²) < 4.78 is 5.33. The van der Waals surface area contributed by atoms with Crippen molar-refractivity contribution < 1.29 is 9.53 Å². The number of carbonyl (C=O) groups excluding carboxylic acids is 1. The molecular weight excluding hydrogens is 216 g/mol. The first-order chi connectivity index (χ1) is 8.27. The highest BCUT2D eigenvalue weighted by Crippen LogP contribution is 2.11. The van der Waals surface area contributed by atoms with Gasteiger partial charge in [0.05, 0.1) is 0 Å². The van der Waals surface area contributed by atoms with Crippen LogP contribution in [-0.4, -0.2) is 43.3 Å². The minimum atomic E-state index is -0.195. The molecule has 2 rings (SSSR count). The molecule has 0 radical (unpaired) electrons. The SMILES string of the molecule is C[C@@H]1CNCCN1C(=O)OCC1=CCCC=C1. The van der Waals surface area contributed by atoms with Gasteiger partial charge in [0.25, 0.3) is 0 Å². The Morgan fingerprint density at radius 3 is 3.18 bits per heavy atom. The number of hydrogen-bond acceptors (Lipinski definition) is 3. The van der Waals surface area contributed by atoms with Crippen molar-refractivity contribution in [3.63, 3.8) is 0 Å². The van der Waals surface area contributed by atoms with Crippen molar-refractivity contribution in [1.29, 1.82) is 0 Å². The van der Waals surface area contributed by atoms with Crippen LogP contribution in [0.2, 0.25) is 0 Å². The van der Waals surface area contributed by atoms with E-state index >= 15 is 0 Å². The van der Waals surface area contributed by atoms with Gasteiger partial charge in [-0.15, -0.1) is 0 Å². The summed E-state index contributed by atoms with van der Waals surface area (Å²) in [6.45, 7) is 4.85. The molecule has 4 nitrogen and oxygen atoms in total. The highest BCUT2D eigenvalue weighted by molar-refractivity contribution is 5.68. The van der Waals surface area contributed by atoms with E-state index in [-0.39, 0.29) is 12.1 Å². The maximum atomic E-state index is 11.9. The van der Waals surface area contributed by atoms with Gasteiger partial charge in [0.2, 0.25) is 0 Å². The average molecular weight is 236 g/mol. The normalized spacial score (nSPS) is 24.4. The first-order valence-electron chi connectivity index (χ1n) is 6.27. The Labute approximate surface area is 102 Å². The second kappa shape index (κ2) is 5.87. The number of rotatable bonds is 2. The van der Waals surface area contributed by atoms with Crippen LogP contribution in [-0.2, 0) is 4.74 Å². The first kappa shape index (κ1) is 12.2. The second-order valence-corrected chi connectivity index (χ2v) is 4.56. The Balaban J connectivity index is 1.80. The molecule has 1 heterocycles. The lowest BCUT2D eigenvalue weighted by molar-refractivity contribution is 0.0882. The number of ether oxygens (including phenoxy) is 1. The van der Waals surface area contributed by atoms with Crippen LogP contribution in [0.15, 0.2) is 23.8 Å². The third-order valence-electron chi connectivity index (χ3n) is 3.17. The molecule has 1 amide bonds. The van der Waals surface area contributed by atoms with Crippen molar-refractivity contribution >= 4 is 6.09 Å². The Morgan fingerprint density at radius 2 is 2.47 bits per heavy atom. The van der Waals surface area contributed by atoms with Crippen molar-refractivity contribution in [1.82, 2.24) is 10.2 Å². The van der Waals surface area contributed by atoms with Crippen molar-refractivity contribution in [2.75, 3.05) is 26.2 Å². The molecule has 4 heteroatoms. The summed E-state index contributed by atoms with van der Waals surface area (Å²) in [6.07, 6.45) is 8.24. The van der Waals surface area contributed by atoms with Crippen molar-refractivity contribution in [3.05, 3.63) is 23.8 Å². The molecule has 0 aromatic carbocycles. The molecule has 0 bridgehead atoms. The standard InChI is InChI=1S/C13H20N2O2/c1-11-9-14-7-8-15(11)13(16)17-10-12-5-3-2-4-6-12/h3,5-6,11,14H,2,4,7-10H2,1H3/t11-/m1/s1. The average Bonchev–Trinajstić information content (AvgIpc) is 2.38. The van der Waals surface area contributed by atoms with Gasteiger partial charge in [-0.25, -0.2) is 4.79 Å². The number of carbonyl (C=O) groups is 1. The molecule has 1 atom stereocenters. The molecule has 1 aliphatic carbocycles. The summed E-state index contributed by atoms with van der Waals surface area (Å²) in [6, 6.07) is 0.215. The zero-order valence-corrected chi connectivity index (χ0v) is 10.3. The maximum Gasteiger partial charge on any atom is 0.410 e. The molecule has 1 aliphatic heterocycles. The smallest absolute Gasteiger partial charge is 0.410 e. The molecule has 17 heavy (non-hydrogen) atoms. The van der Waals surface area contributed by atoms with E-state index in [1.165, 1.54) is 0 Å². The van der Waals surface area contributed by atoms with E-state index in [2.05, 4.69) is 17.5 Å². The molecule has 1 saturated heterocycles. The molecular formula is C13H20N2O2. The number of hydrogen-bond donors (Lipinski definition) is 1. The van der Waals surface area contributed by atoms with Crippen LogP contribution in [0, 0.1) is 0 Å². The van der Waals surface area contributed by atoms with Gasteiger partial charge in [-0.05, 0) is 25.3 Å². The predicted molar refractivity (Wildman–Crippen MR) is 66.8 cm³/mol. The highest BCUT2D eigenvalue weighted by Gasteiger charge is 2.24. The maximum absolute atomic E-state index is 11.9. The summed E-state index contributed by atoms with van der Waals surface area (Å²) in [5.41, 5.74) is 1.10. The molecule has 94 valence electrons. The van der Waals surface area contributed by atoms with Gasteiger partial charge in [-0.3, -0.25) is 0 Å². The monoisotopic (exact) mass is 236 g/mol.